The quantitative estimate of drug-likeness (QED) is 0.607. The first-order valence-corrected chi connectivity index (χ1v) is 5.31. The van der Waals surface area contributed by atoms with Gasteiger partial charge in [0, 0.05) is 6.07 Å². The summed E-state index contributed by atoms with van der Waals surface area (Å²) in [5.41, 5.74) is 0. The summed E-state index contributed by atoms with van der Waals surface area (Å²) in [6, 6.07) is -0.481. The van der Waals surface area contributed by atoms with Crippen molar-refractivity contribution in [2.24, 2.45) is 0 Å². The molecular weight excluding hydrogens is 254 g/mol. The van der Waals surface area contributed by atoms with Gasteiger partial charge in [-0.1, -0.05) is 6.92 Å². The van der Waals surface area contributed by atoms with Crippen molar-refractivity contribution in [2.45, 2.75) is 13.0 Å². The molecule has 0 aliphatic carbocycles. The second kappa shape index (κ2) is 6.55. The number of nitrogens with one attached hydrogen (secondary N) is 1. The van der Waals surface area contributed by atoms with E-state index in [0.29, 0.717) is 6.54 Å². The molecular formula is C11H13F4NO2. The van der Waals surface area contributed by atoms with Crippen LogP contribution in [0.2, 0.25) is 0 Å². The fraction of sp³-hybridized carbons (Fsp3) is 0.455. The van der Waals surface area contributed by atoms with Crippen molar-refractivity contribution >= 4 is 0 Å². The molecule has 0 spiro atoms. The number of aliphatic hydroxyl groups is 1. The Balaban J connectivity index is 2.84. The third-order valence-corrected chi connectivity index (χ3v) is 2.21. The molecule has 0 aliphatic rings. The lowest BCUT2D eigenvalue weighted by atomic mass is 10.3. The minimum absolute atomic E-state index is 0.103. The molecule has 7 heteroatoms. The molecule has 0 heterocycles. The van der Waals surface area contributed by atoms with Crippen molar-refractivity contribution < 1.29 is 27.4 Å². The van der Waals surface area contributed by atoms with E-state index in [4.69, 9.17) is 5.11 Å². The van der Waals surface area contributed by atoms with Gasteiger partial charge in [-0.3, -0.25) is 0 Å². The molecule has 2 N–H and O–H groups in total. The number of ether oxygens (including phenoxy) is 1. The van der Waals surface area contributed by atoms with Gasteiger partial charge in [0.2, 0.25) is 11.6 Å². The van der Waals surface area contributed by atoms with E-state index in [1.165, 1.54) is 0 Å². The molecule has 1 rings (SSSR count). The average Bonchev–Trinajstić information content (AvgIpc) is 2.35. The highest BCUT2D eigenvalue weighted by Crippen LogP contribution is 2.26. The number of likely N-dealkylation sites (N-methyl/N-ethyl adjacent to an activating group) is 1. The Bertz CT molecular complexity index is 388. The van der Waals surface area contributed by atoms with E-state index in [1.807, 2.05) is 0 Å². The largest absolute Gasteiger partial charge is 0.486 e. The average molecular weight is 267 g/mol. The molecule has 0 aromatic heterocycles. The minimum atomic E-state index is -1.60. The Hall–Kier alpha value is -1.34. The second-order valence-electron chi connectivity index (χ2n) is 3.55. The molecule has 0 amide bonds. The van der Waals surface area contributed by atoms with Gasteiger partial charge in [-0.2, -0.15) is 8.78 Å². The molecule has 0 radical (unpaired) electrons. The van der Waals surface area contributed by atoms with Crippen molar-refractivity contribution in [3.05, 3.63) is 29.3 Å². The molecule has 0 saturated carbocycles. The van der Waals surface area contributed by atoms with Crippen LogP contribution in [0.3, 0.4) is 0 Å². The van der Waals surface area contributed by atoms with E-state index in [1.54, 1.807) is 6.92 Å². The first kappa shape index (κ1) is 14.7. The predicted molar refractivity (Wildman–Crippen MR) is 56.3 cm³/mol. The van der Waals surface area contributed by atoms with E-state index in [9.17, 15) is 17.6 Å². The lowest BCUT2D eigenvalue weighted by molar-refractivity contribution is 0.174. The van der Waals surface area contributed by atoms with Gasteiger partial charge in [-0.25, -0.2) is 8.78 Å². The molecule has 1 atom stereocenters. The van der Waals surface area contributed by atoms with E-state index in [2.05, 4.69) is 10.1 Å². The Kier molecular flexibility index (Phi) is 5.36. The van der Waals surface area contributed by atoms with Gasteiger partial charge in [0.05, 0.1) is 12.6 Å². The van der Waals surface area contributed by atoms with E-state index in [-0.39, 0.29) is 19.3 Å². The molecule has 1 unspecified atom stereocenters. The normalized spacial score (nSPS) is 12.6. The smallest absolute Gasteiger partial charge is 0.203 e. The minimum Gasteiger partial charge on any atom is -0.486 e. The summed E-state index contributed by atoms with van der Waals surface area (Å²) in [4.78, 5) is 0. The van der Waals surface area contributed by atoms with Crippen LogP contribution in [-0.2, 0) is 0 Å². The standard InChI is InChI=1S/C11H13F4NO2/c1-2-16-6(4-17)5-18-11-9(14)7(12)3-8(13)10(11)15/h3,6,16-17H,2,4-5H2,1H3. The predicted octanol–water partition coefficient (Wildman–Crippen LogP) is 1.59. The Morgan fingerprint density at radius 2 is 1.78 bits per heavy atom. The molecule has 1 aromatic carbocycles. The number of hydrogen-bond donors (Lipinski definition) is 2. The van der Waals surface area contributed by atoms with Crippen LogP contribution in [0.1, 0.15) is 6.92 Å². The monoisotopic (exact) mass is 267 g/mol. The summed E-state index contributed by atoms with van der Waals surface area (Å²) in [5.74, 6) is -7.38. The Morgan fingerprint density at radius 1 is 1.22 bits per heavy atom. The van der Waals surface area contributed by atoms with Crippen LogP contribution in [0.15, 0.2) is 6.07 Å². The fourth-order valence-corrected chi connectivity index (χ4v) is 1.33. The van der Waals surface area contributed by atoms with Crippen LogP contribution in [0.4, 0.5) is 17.6 Å². The molecule has 1 aromatic rings. The zero-order chi connectivity index (χ0) is 13.7. The lowest BCUT2D eigenvalue weighted by Gasteiger charge is -2.16. The van der Waals surface area contributed by atoms with Crippen molar-refractivity contribution in [3.8, 4) is 5.75 Å². The number of rotatable bonds is 6. The number of hydrogen-bond acceptors (Lipinski definition) is 3. The summed E-state index contributed by atoms with van der Waals surface area (Å²) in [5, 5.41) is 11.7. The molecule has 3 nitrogen and oxygen atoms in total. The van der Waals surface area contributed by atoms with Crippen LogP contribution in [0.25, 0.3) is 0 Å². The van der Waals surface area contributed by atoms with Gasteiger partial charge in [0.1, 0.15) is 6.61 Å². The molecule has 0 fully saturated rings. The van der Waals surface area contributed by atoms with Gasteiger partial charge >= 0.3 is 0 Å². The third kappa shape index (κ3) is 3.33. The van der Waals surface area contributed by atoms with E-state index < -0.39 is 35.1 Å². The molecule has 0 bridgehead atoms. The SMILES string of the molecule is CCNC(CO)COc1c(F)c(F)cc(F)c1F. The first-order chi connectivity index (χ1) is 8.51. The van der Waals surface area contributed by atoms with E-state index in [0.717, 1.165) is 0 Å². The van der Waals surface area contributed by atoms with Crippen LogP contribution >= 0.6 is 0 Å². The van der Waals surface area contributed by atoms with Gasteiger partial charge in [-0.05, 0) is 6.54 Å². The highest BCUT2D eigenvalue weighted by Gasteiger charge is 2.21. The maximum absolute atomic E-state index is 13.2. The van der Waals surface area contributed by atoms with Gasteiger partial charge in [0.25, 0.3) is 0 Å². The summed E-state index contributed by atoms with van der Waals surface area (Å²) in [6.45, 7) is 1.60. The van der Waals surface area contributed by atoms with Crippen LogP contribution < -0.4 is 10.1 Å². The Morgan fingerprint density at radius 3 is 2.22 bits per heavy atom. The van der Waals surface area contributed by atoms with Crippen molar-refractivity contribution in [1.29, 1.82) is 0 Å². The maximum atomic E-state index is 13.2. The Labute approximate surface area is 101 Å². The summed E-state index contributed by atoms with van der Waals surface area (Å²) in [7, 11) is 0. The van der Waals surface area contributed by atoms with Crippen molar-refractivity contribution in [1.82, 2.24) is 5.32 Å². The molecule has 102 valence electrons. The number of benzene rings is 1. The first-order valence-electron chi connectivity index (χ1n) is 5.31. The summed E-state index contributed by atoms with van der Waals surface area (Å²) >= 11 is 0. The van der Waals surface area contributed by atoms with Crippen molar-refractivity contribution in [2.75, 3.05) is 19.8 Å². The highest BCUT2D eigenvalue weighted by molar-refractivity contribution is 5.28. The van der Waals surface area contributed by atoms with Gasteiger partial charge < -0.3 is 15.2 Å². The van der Waals surface area contributed by atoms with Crippen molar-refractivity contribution in [3.63, 3.8) is 0 Å². The fourth-order valence-electron chi connectivity index (χ4n) is 1.33. The topological polar surface area (TPSA) is 41.5 Å². The summed E-state index contributed by atoms with van der Waals surface area (Å²) < 4.78 is 56.8. The van der Waals surface area contributed by atoms with E-state index >= 15 is 0 Å². The highest BCUT2D eigenvalue weighted by atomic mass is 19.2. The van der Waals surface area contributed by atoms with Crippen LogP contribution in [0.5, 0.6) is 5.75 Å². The van der Waals surface area contributed by atoms with Gasteiger partial charge in [-0.15, -0.1) is 0 Å². The van der Waals surface area contributed by atoms with Crippen LogP contribution in [-0.4, -0.2) is 30.9 Å². The zero-order valence-corrected chi connectivity index (χ0v) is 9.64. The molecule has 18 heavy (non-hydrogen) atoms. The number of halogens is 4. The zero-order valence-electron chi connectivity index (χ0n) is 9.64. The molecule has 0 aliphatic heterocycles. The van der Waals surface area contributed by atoms with Gasteiger partial charge in [0.15, 0.2) is 17.4 Å². The second-order valence-corrected chi connectivity index (χ2v) is 3.55. The van der Waals surface area contributed by atoms with Crippen LogP contribution in [0, 0.1) is 23.3 Å². The maximum Gasteiger partial charge on any atom is 0.203 e. The summed E-state index contributed by atoms with van der Waals surface area (Å²) in [6.07, 6.45) is 0. The lowest BCUT2D eigenvalue weighted by Crippen LogP contribution is -2.37. The molecule has 0 saturated heterocycles. The third-order valence-electron chi connectivity index (χ3n) is 2.21. The number of aliphatic hydroxyl groups excluding tert-OH is 1.